The van der Waals surface area contributed by atoms with Crippen molar-refractivity contribution < 1.29 is 14.0 Å². The normalized spacial score (nSPS) is 10.5. The molecular formula is C23H24FN5O2. The molecule has 1 heterocycles. The van der Waals surface area contributed by atoms with Crippen LogP contribution in [-0.2, 0) is 6.54 Å². The van der Waals surface area contributed by atoms with Crippen LogP contribution in [0.4, 0.5) is 10.3 Å². The van der Waals surface area contributed by atoms with Gasteiger partial charge in [0.25, 0.3) is 11.8 Å². The Hall–Kier alpha value is -3.81. The molecule has 3 aromatic rings. The molecule has 0 atom stereocenters. The fourth-order valence-electron chi connectivity index (χ4n) is 2.91. The molecule has 31 heavy (non-hydrogen) atoms. The second kappa shape index (κ2) is 9.34. The number of halogens is 1. The van der Waals surface area contributed by atoms with Gasteiger partial charge in [0.2, 0.25) is 5.95 Å². The van der Waals surface area contributed by atoms with Gasteiger partial charge in [-0.15, -0.1) is 0 Å². The highest BCUT2D eigenvalue weighted by atomic mass is 19.1. The second-order valence-electron chi connectivity index (χ2n) is 7.39. The molecule has 1 N–H and O–H groups in total. The van der Waals surface area contributed by atoms with Gasteiger partial charge in [0.1, 0.15) is 5.82 Å². The summed E-state index contributed by atoms with van der Waals surface area (Å²) in [5.74, 6) is -0.741. The van der Waals surface area contributed by atoms with Crippen molar-refractivity contribution in [1.29, 1.82) is 0 Å². The van der Waals surface area contributed by atoms with E-state index in [1.54, 1.807) is 25.1 Å². The van der Waals surface area contributed by atoms with Gasteiger partial charge in [-0.05, 0) is 17.7 Å². The van der Waals surface area contributed by atoms with Crippen LogP contribution in [0.1, 0.15) is 26.3 Å². The molecule has 0 aliphatic carbocycles. The fourth-order valence-corrected chi connectivity index (χ4v) is 2.91. The maximum absolute atomic E-state index is 13.7. The molecule has 3 rings (SSSR count). The Balaban J connectivity index is 1.82. The number of hydrogen-bond donors (Lipinski definition) is 1. The van der Waals surface area contributed by atoms with Crippen molar-refractivity contribution in [3.63, 3.8) is 0 Å². The van der Waals surface area contributed by atoms with Crippen molar-refractivity contribution >= 4 is 17.8 Å². The molecule has 8 heteroatoms. The summed E-state index contributed by atoms with van der Waals surface area (Å²) in [6.45, 7) is 0.240. The first-order chi connectivity index (χ1) is 14.8. The lowest BCUT2D eigenvalue weighted by molar-refractivity contribution is 0.0827. The monoisotopic (exact) mass is 421 g/mol. The standard InChI is InChI=1S/C23H24FN5O2/c1-28(2)22(31)18-14-26-23(29(3)4)27-20(18)16-11-9-15(10-12-16)13-25-21(30)17-7-5-6-8-19(17)24/h5-12,14H,13H2,1-4H3,(H,25,30). The summed E-state index contributed by atoms with van der Waals surface area (Å²) in [5.41, 5.74) is 2.51. The highest BCUT2D eigenvalue weighted by Crippen LogP contribution is 2.24. The third-order valence-corrected chi connectivity index (χ3v) is 4.61. The fraction of sp³-hybridized carbons (Fsp3) is 0.217. The average molecular weight is 421 g/mol. The van der Waals surface area contributed by atoms with Crippen molar-refractivity contribution in [1.82, 2.24) is 20.2 Å². The minimum atomic E-state index is -0.561. The predicted molar refractivity (Wildman–Crippen MR) is 117 cm³/mol. The van der Waals surface area contributed by atoms with Gasteiger partial charge in [-0.1, -0.05) is 36.4 Å². The van der Waals surface area contributed by atoms with E-state index < -0.39 is 11.7 Å². The molecule has 0 bridgehead atoms. The molecule has 0 saturated carbocycles. The number of aromatic nitrogens is 2. The molecule has 0 saturated heterocycles. The molecular weight excluding hydrogens is 397 g/mol. The number of nitrogens with zero attached hydrogens (tertiary/aromatic N) is 4. The van der Waals surface area contributed by atoms with E-state index in [1.165, 1.54) is 29.3 Å². The van der Waals surface area contributed by atoms with Crippen LogP contribution in [0.2, 0.25) is 0 Å². The summed E-state index contributed by atoms with van der Waals surface area (Å²) in [6, 6.07) is 13.2. The van der Waals surface area contributed by atoms with Crippen LogP contribution in [0.15, 0.2) is 54.7 Å². The van der Waals surface area contributed by atoms with Crippen LogP contribution in [0.25, 0.3) is 11.3 Å². The van der Waals surface area contributed by atoms with Gasteiger partial charge >= 0.3 is 0 Å². The zero-order chi connectivity index (χ0) is 22.5. The van der Waals surface area contributed by atoms with Gasteiger partial charge in [-0.2, -0.15) is 0 Å². The van der Waals surface area contributed by atoms with Crippen molar-refractivity contribution in [2.24, 2.45) is 0 Å². The van der Waals surface area contributed by atoms with E-state index in [0.717, 1.165) is 11.1 Å². The topological polar surface area (TPSA) is 78.4 Å². The first-order valence-electron chi connectivity index (χ1n) is 9.66. The van der Waals surface area contributed by atoms with Crippen molar-refractivity contribution in [2.45, 2.75) is 6.54 Å². The Morgan fingerprint density at radius 2 is 1.65 bits per heavy atom. The number of anilines is 1. The van der Waals surface area contributed by atoms with E-state index in [-0.39, 0.29) is 18.0 Å². The van der Waals surface area contributed by atoms with Crippen molar-refractivity contribution in [3.8, 4) is 11.3 Å². The van der Waals surface area contributed by atoms with Crippen LogP contribution < -0.4 is 10.2 Å². The second-order valence-corrected chi connectivity index (χ2v) is 7.39. The Labute approximate surface area is 180 Å². The number of rotatable bonds is 6. The van der Waals surface area contributed by atoms with Gasteiger partial charge in [0.05, 0.1) is 16.8 Å². The lowest BCUT2D eigenvalue weighted by Gasteiger charge is -2.16. The minimum absolute atomic E-state index is 0.00293. The van der Waals surface area contributed by atoms with Crippen LogP contribution in [0, 0.1) is 5.82 Å². The largest absolute Gasteiger partial charge is 0.348 e. The van der Waals surface area contributed by atoms with E-state index in [2.05, 4.69) is 15.3 Å². The van der Waals surface area contributed by atoms with Gasteiger partial charge in [0.15, 0.2) is 0 Å². The average Bonchev–Trinajstić information content (AvgIpc) is 2.77. The summed E-state index contributed by atoms with van der Waals surface area (Å²) in [7, 11) is 7.00. The van der Waals surface area contributed by atoms with Gasteiger partial charge in [0, 0.05) is 46.5 Å². The molecule has 0 unspecified atom stereocenters. The zero-order valence-corrected chi connectivity index (χ0v) is 17.9. The molecule has 0 aliphatic rings. The molecule has 0 aliphatic heterocycles. The molecule has 2 amide bonds. The summed E-state index contributed by atoms with van der Waals surface area (Å²) < 4.78 is 13.7. The SMILES string of the molecule is CN(C)C(=O)c1cnc(N(C)C)nc1-c1ccc(CNC(=O)c2ccccc2F)cc1. The van der Waals surface area contributed by atoms with E-state index in [1.807, 2.05) is 38.4 Å². The molecule has 0 radical (unpaired) electrons. The maximum atomic E-state index is 13.7. The molecule has 2 aromatic carbocycles. The molecule has 0 fully saturated rings. The lowest BCUT2D eigenvalue weighted by atomic mass is 10.0. The third-order valence-electron chi connectivity index (χ3n) is 4.61. The first kappa shape index (κ1) is 21.9. The summed E-state index contributed by atoms with van der Waals surface area (Å²) in [6.07, 6.45) is 1.53. The first-order valence-corrected chi connectivity index (χ1v) is 9.66. The quantitative estimate of drug-likeness (QED) is 0.662. The lowest BCUT2D eigenvalue weighted by Crippen LogP contribution is -2.24. The van der Waals surface area contributed by atoms with Crippen LogP contribution in [-0.4, -0.2) is 54.9 Å². The number of hydrogen-bond acceptors (Lipinski definition) is 5. The Morgan fingerprint density at radius 1 is 0.968 bits per heavy atom. The Kier molecular flexibility index (Phi) is 6.59. The number of carbonyl (C=O) groups is 2. The van der Waals surface area contributed by atoms with Crippen LogP contribution in [0.3, 0.4) is 0 Å². The smallest absolute Gasteiger partial charge is 0.257 e. The Morgan fingerprint density at radius 3 is 2.26 bits per heavy atom. The van der Waals surface area contributed by atoms with Crippen molar-refractivity contribution in [3.05, 3.63) is 77.2 Å². The van der Waals surface area contributed by atoms with E-state index in [4.69, 9.17) is 0 Å². The molecule has 7 nitrogen and oxygen atoms in total. The van der Waals surface area contributed by atoms with Crippen molar-refractivity contribution in [2.75, 3.05) is 33.1 Å². The number of amides is 2. The van der Waals surface area contributed by atoms with E-state index in [9.17, 15) is 14.0 Å². The minimum Gasteiger partial charge on any atom is -0.348 e. The third kappa shape index (κ3) is 5.03. The number of benzene rings is 2. The number of nitrogens with one attached hydrogen (secondary N) is 1. The van der Waals surface area contributed by atoms with E-state index in [0.29, 0.717) is 17.2 Å². The Bertz CT molecular complexity index is 1100. The number of carbonyl (C=O) groups excluding carboxylic acids is 2. The van der Waals surface area contributed by atoms with E-state index >= 15 is 0 Å². The maximum Gasteiger partial charge on any atom is 0.257 e. The summed E-state index contributed by atoms with van der Waals surface area (Å²) in [4.78, 5) is 36.8. The highest BCUT2D eigenvalue weighted by molar-refractivity contribution is 5.99. The highest BCUT2D eigenvalue weighted by Gasteiger charge is 2.18. The van der Waals surface area contributed by atoms with Gasteiger partial charge in [-0.3, -0.25) is 9.59 Å². The summed E-state index contributed by atoms with van der Waals surface area (Å²) in [5, 5.41) is 2.71. The zero-order valence-electron chi connectivity index (χ0n) is 17.9. The van der Waals surface area contributed by atoms with Crippen LogP contribution in [0.5, 0.6) is 0 Å². The van der Waals surface area contributed by atoms with Gasteiger partial charge in [-0.25, -0.2) is 14.4 Å². The molecule has 160 valence electrons. The molecule has 1 aromatic heterocycles. The van der Waals surface area contributed by atoms with Gasteiger partial charge < -0.3 is 15.1 Å². The summed E-state index contributed by atoms with van der Waals surface area (Å²) >= 11 is 0. The van der Waals surface area contributed by atoms with Crippen LogP contribution >= 0.6 is 0 Å². The predicted octanol–water partition coefficient (Wildman–Crippen LogP) is 2.98. The molecule has 0 spiro atoms.